The predicted octanol–water partition coefficient (Wildman–Crippen LogP) is 5.30. The van der Waals surface area contributed by atoms with E-state index in [2.05, 4.69) is 15.3 Å². The SMILES string of the molecule is CCC1c2c[nH]c(=O)cc2CC(C)N1C(=O)Nc1cc(Cl)c(-c2cncc(F)c2)cc1F. The molecule has 1 aliphatic heterocycles. The van der Waals surface area contributed by atoms with Gasteiger partial charge < -0.3 is 15.2 Å². The number of halogens is 3. The summed E-state index contributed by atoms with van der Waals surface area (Å²) in [7, 11) is 0. The fraction of sp³-hybridized carbons (Fsp3) is 0.261. The van der Waals surface area contributed by atoms with Crippen LogP contribution >= 0.6 is 11.6 Å². The molecule has 0 radical (unpaired) electrons. The quantitative estimate of drug-likeness (QED) is 0.559. The maximum atomic E-state index is 14.9. The van der Waals surface area contributed by atoms with Crippen LogP contribution in [0.25, 0.3) is 11.1 Å². The summed E-state index contributed by atoms with van der Waals surface area (Å²) >= 11 is 6.31. The number of anilines is 1. The number of nitrogens with one attached hydrogen (secondary N) is 2. The number of aromatic amines is 1. The second-order valence-electron chi connectivity index (χ2n) is 7.80. The number of benzene rings is 1. The zero-order chi connectivity index (χ0) is 23.0. The van der Waals surface area contributed by atoms with Crippen molar-refractivity contribution >= 4 is 23.3 Å². The Morgan fingerprint density at radius 3 is 2.78 bits per heavy atom. The lowest BCUT2D eigenvalue weighted by Gasteiger charge is -2.41. The Bertz CT molecular complexity index is 1250. The van der Waals surface area contributed by atoms with Crippen molar-refractivity contribution in [2.24, 2.45) is 0 Å². The van der Waals surface area contributed by atoms with Crippen LogP contribution in [0.5, 0.6) is 0 Å². The molecule has 9 heteroatoms. The van der Waals surface area contributed by atoms with Crippen LogP contribution < -0.4 is 10.9 Å². The summed E-state index contributed by atoms with van der Waals surface area (Å²) < 4.78 is 28.4. The van der Waals surface area contributed by atoms with Gasteiger partial charge in [-0.05, 0) is 49.1 Å². The van der Waals surface area contributed by atoms with E-state index in [1.807, 2.05) is 13.8 Å². The third-order valence-corrected chi connectivity index (χ3v) is 5.98. The lowest BCUT2D eigenvalue weighted by molar-refractivity contribution is 0.148. The second-order valence-corrected chi connectivity index (χ2v) is 8.20. The van der Waals surface area contributed by atoms with Crippen LogP contribution in [-0.2, 0) is 6.42 Å². The van der Waals surface area contributed by atoms with E-state index < -0.39 is 17.7 Å². The average molecular weight is 459 g/mol. The van der Waals surface area contributed by atoms with Gasteiger partial charge in [-0.2, -0.15) is 0 Å². The Kier molecular flexibility index (Phi) is 5.97. The molecule has 0 spiro atoms. The molecule has 1 aliphatic rings. The third-order valence-electron chi connectivity index (χ3n) is 5.67. The number of carbonyl (C=O) groups is 1. The smallest absolute Gasteiger partial charge is 0.322 e. The molecule has 4 rings (SSSR count). The van der Waals surface area contributed by atoms with Gasteiger partial charge in [-0.3, -0.25) is 9.78 Å². The number of H-pyrrole nitrogens is 1. The largest absolute Gasteiger partial charge is 0.329 e. The summed E-state index contributed by atoms with van der Waals surface area (Å²) in [5.74, 6) is -1.27. The van der Waals surface area contributed by atoms with Gasteiger partial charge in [0.05, 0.1) is 22.9 Å². The van der Waals surface area contributed by atoms with Gasteiger partial charge in [-0.25, -0.2) is 13.6 Å². The monoisotopic (exact) mass is 458 g/mol. The van der Waals surface area contributed by atoms with Gasteiger partial charge in [0.15, 0.2) is 0 Å². The van der Waals surface area contributed by atoms with E-state index in [-0.39, 0.29) is 33.9 Å². The Morgan fingerprint density at radius 1 is 1.28 bits per heavy atom. The molecule has 2 N–H and O–H groups in total. The number of amides is 2. The fourth-order valence-corrected chi connectivity index (χ4v) is 4.52. The molecule has 0 saturated heterocycles. The van der Waals surface area contributed by atoms with E-state index in [1.54, 1.807) is 17.2 Å². The molecular weight excluding hydrogens is 438 g/mol. The van der Waals surface area contributed by atoms with Crippen LogP contribution in [0.4, 0.5) is 19.3 Å². The molecule has 3 heterocycles. The van der Waals surface area contributed by atoms with Crippen molar-refractivity contribution in [3.8, 4) is 11.1 Å². The van der Waals surface area contributed by atoms with E-state index in [0.717, 1.165) is 23.4 Å². The molecule has 2 amide bonds. The van der Waals surface area contributed by atoms with Crippen LogP contribution in [0, 0.1) is 11.6 Å². The number of hydrogen-bond acceptors (Lipinski definition) is 3. The standard InChI is InChI=1S/C23H21ClF2N4O2/c1-3-21-17-11-28-22(31)6-13(17)4-12(2)30(21)23(32)29-20-8-18(24)16(7-19(20)26)14-5-15(25)10-27-9-14/h5-12,21H,3-4H2,1-2H3,(H,28,31)(H,29,32). The summed E-state index contributed by atoms with van der Waals surface area (Å²) in [6.45, 7) is 3.83. The highest BCUT2D eigenvalue weighted by Gasteiger charge is 2.35. The highest BCUT2D eigenvalue weighted by atomic mass is 35.5. The summed E-state index contributed by atoms with van der Waals surface area (Å²) in [6, 6.07) is 4.25. The van der Waals surface area contributed by atoms with Gasteiger partial charge in [-0.1, -0.05) is 18.5 Å². The van der Waals surface area contributed by atoms with Gasteiger partial charge >= 0.3 is 6.03 Å². The topological polar surface area (TPSA) is 78.1 Å². The first kappa shape index (κ1) is 22.0. The van der Waals surface area contributed by atoms with Crippen LogP contribution in [-0.4, -0.2) is 26.9 Å². The maximum Gasteiger partial charge on any atom is 0.322 e. The summed E-state index contributed by atoms with van der Waals surface area (Å²) in [4.78, 5) is 32.9. The number of hydrogen-bond donors (Lipinski definition) is 2. The predicted molar refractivity (Wildman–Crippen MR) is 119 cm³/mol. The Balaban J connectivity index is 1.63. The lowest BCUT2D eigenvalue weighted by atomic mass is 9.89. The zero-order valence-corrected chi connectivity index (χ0v) is 18.2. The number of carbonyl (C=O) groups excluding carboxylic acids is 1. The normalized spacial score (nSPS) is 17.7. The van der Waals surface area contributed by atoms with Crippen molar-refractivity contribution in [2.75, 3.05) is 5.32 Å². The maximum absolute atomic E-state index is 14.9. The van der Waals surface area contributed by atoms with Crippen molar-refractivity contribution in [1.82, 2.24) is 14.9 Å². The lowest BCUT2D eigenvalue weighted by Crippen LogP contribution is -2.48. The van der Waals surface area contributed by atoms with Crippen LogP contribution in [0.1, 0.15) is 37.4 Å². The van der Waals surface area contributed by atoms with Crippen LogP contribution in [0.2, 0.25) is 5.02 Å². The molecule has 2 unspecified atom stereocenters. The highest BCUT2D eigenvalue weighted by molar-refractivity contribution is 6.33. The number of nitrogens with zero attached hydrogens (tertiary/aromatic N) is 2. The highest BCUT2D eigenvalue weighted by Crippen LogP contribution is 2.36. The van der Waals surface area contributed by atoms with Crippen LogP contribution in [0.15, 0.2) is 47.7 Å². The fourth-order valence-electron chi connectivity index (χ4n) is 4.25. The summed E-state index contributed by atoms with van der Waals surface area (Å²) in [5.41, 5.74) is 2.10. The van der Waals surface area contributed by atoms with E-state index in [9.17, 15) is 18.4 Å². The Hall–Kier alpha value is -3.26. The number of rotatable bonds is 3. The van der Waals surface area contributed by atoms with Gasteiger partial charge in [0, 0.05) is 35.6 Å². The van der Waals surface area contributed by atoms with Crippen molar-refractivity contribution in [1.29, 1.82) is 0 Å². The van der Waals surface area contributed by atoms with Gasteiger partial charge in [-0.15, -0.1) is 0 Å². The zero-order valence-electron chi connectivity index (χ0n) is 17.5. The molecule has 6 nitrogen and oxygen atoms in total. The minimum atomic E-state index is -0.704. The first-order valence-corrected chi connectivity index (χ1v) is 10.6. The molecule has 3 aromatic rings. The summed E-state index contributed by atoms with van der Waals surface area (Å²) in [5, 5.41) is 2.76. The molecule has 0 fully saturated rings. The average Bonchev–Trinajstić information content (AvgIpc) is 2.74. The molecule has 0 aliphatic carbocycles. The van der Waals surface area contributed by atoms with Crippen molar-refractivity contribution in [2.45, 2.75) is 38.8 Å². The Morgan fingerprint density at radius 2 is 2.06 bits per heavy atom. The van der Waals surface area contributed by atoms with Gasteiger partial charge in [0.1, 0.15) is 11.6 Å². The number of urea groups is 1. The van der Waals surface area contributed by atoms with E-state index in [0.29, 0.717) is 18.4 Å². The minimum absolute atomic E-state index is 0.0811. The molecule has 2 atom stereocenters. The number of aromatic nitrogens is 2. The first-order valence-electron chi connectivity index (χ1n) is 10.2. The number of pyridine rings is 2. The molecule has 0 bridgehead atoms. The van der Waals surface area contributed by atoms with Crippen molar-refractivity contribution < 1.29 is 13.6 Å². The first-order chi connectivity index (χ1) is 15.3. The third kappa shape index (κ3) is 4.10. The van der Waals surface area contributed by atoms with Gasteiger partial charge in [0.2, 0.25) is 5.56 Å². The molecule has 166 valence electrons. The molecule has 0 saturated carbocycles. The molecule has 32 heavy (non-hydrogen) atoms. The Labute approximate surface area is 188 Å². The van der Waals surface area contributed by atoms with E-state index in [1.165, 1.54) is 18.3 Å². The second kappa shape index (κ2) is 8.70. The minimum Gasteiger partial charge on any atom is -0.329 e. The van der Waals surface area contributed by atoms with Crippen molar-refractivity contribution in [3.05, 3.63) is 81.0 Å². The molecular formula is C23H21ClF2N4O2. The molecule has 2 aromatic heterocycles. The van der Waals surface area contributed by atoms with Crippen molar-refractivity contribution in [3.63, 3.8) is 0 Å². The number of fused-ring (bicyclic) bond motifs is 1. The molecule has 1 aromatic carbocycles. The van der Waals surface area contributed by atoms with Gasteiger partial charge in [0.25, 0.3) is 0 Å². The van der Waals surface area contributed by atoms with E-state index in [4.69, 9.17) is 11.6 Å². The van der Waals surface area contributed by atoms with E-state index >= 15 is 0 Å². The summed E-state index contributed by atoms with van der Waals surface area (Å²) in [6.07, 6.45) is 5.19. The van der Waals surface area contributed by atoms with Crippen LogP contribution in [0.3, 0.4) is 0 Å².